The lowest BCUT2D eigenvalue weighted by molar-refractivity contribution is -0.387. The molecule has 2 N–H and O–H groups in total. The van der Waals surface area contributed by atoms with Crippen molar-refractivity contribution >= 4 is 41.3 Å². The maximum atomic E-state index is 12.8. The number of urea groups is 1. The standard InChI is InChI=1S/C22H19N7O7S/c1-22(14-6-4-3-5-7-14)19(32)28(20(33)24-22)26-17(30)11-36-18(31)13-8-9-16(15(10-13)29(34)35)37-21-25-23-12-27(21)2/h3-10,12H,11H2,1-2H3,(H,24,33)(H,26,30)/t22-/m0/s1. The zero-order valence-electron chi connectivity index (χ0n) is 19.4. The van der Waals surface area contributed by atoms with E-state index in [-0.39, 0.29) is 16.1 Å². The van der Waals surface area contributed by atoms with Crippen molar-refractivity contribution in [1.82, 2.24) is 30.5 Å². The molecule has 2 heterocycles. The molecule has 0 unspecified atom stereocenters. The van der Waals surface area contributed by atoms with Gasteiger partial charge in [0.05, 0.1) is 15.4 Å². The van der Waals surface area contributed by atoms with Gasteiger partial charge in [0.1, 0.15) is 11.9 Å². The molecule has 0 aliphatic carbocycles. The summed E-state index contributed by atoms with van der Waals surface area (Å²) in [6.45, 7) is 0.648. The highest BCUT2D eigenvalue weighted by atomic mass is 32.2. The average molecular weight is 526 g/mol. The molecule has 1 aliphatic heterocycles. The van der Waals surface area contributed by atoms with Crippen LogP contribution in [0.1, 0.15) is 22.8 Å². The number of benzene rings is 2. The molecular formula is C22H19N7O7S. The number of imide groups is 1. The van der Waals surface area contributed by atoms with Crippen molar-refractivity contribution in [3.05, 3.63) is 76.1 Å². The van der Waals surface area contributed by atoms with Gasteiger partial charge in [-0.05, 0) is 36.4 Å². The highest BCUT2D eigenvalue weighted by Crippen LogP contribution is 2.34. The first-order valence-corrected chi connectivity index (χ1v) is 11.4. The van der Waals surface area contributed by atoms with Gasteiger partial charge in [0.25, 0.3) is 17.5 Å². The zero-order chi connectivity index (χ0) is 26.7. The second-order valence-corrected chi connectivity index (χ2v) is 8.95. The van der Waals surface area contributed by atoms with E-state index in [1.54, 1.807) is 41.9 Å². The number of hydrogen-bond acceptors (Lipinski definition) is 10. The third-order valence-electron chi connectivity index (χ3n) is 5.38. The van der Waals surface area contributed by atoms with Gasteiger partial charge in [0.2, 0.25) is 0 Å². The third kappa shape index (κ3) is 5.11. The minimum Gasteiger partial charge on any atom is -0.452 e. The molecule has 1 atom stereocenters. The van der Waals surface area contributed by atoms with E-state index in [0.717, 1.165) is 17.8 Å². The largest absolute Gasteiger partial charge is 0.452 e. The van der Waals surface area contributed by atoms with Gasteiger partial charge in [-0.1, -0.05) is 30.3 Å². The quantitative estimate of drug-likeness (QED) is 0.190. The van der Waals surface area contributed by atoms with Crippen LogP contribution in [0.3, 0.4) is 0 Å². The van der Waals surface area contributed by atoms with E-state index in [2.05, 4.69) is 20.9 Å². The van der Waals surface area contributed by atoms with E-state index in [4.69, 9.17) is 4.74 Å². The normalized spacial score (nSPS) is 16.9. The van der Waals surface area contributed by atoms with E-state index in [1.165, 1.54) is 25.4 Å². The molecule has 14 nitrogen and oxygen atoms in total. The number of amides is 4. The van der Waals surface area contributed by atoms with Crippen LogP contribution in [0.15, 0.2) is 64.9 Å². The van der Waals surface area contributed by atoms with E-state index in [9.17, 15) is 29.3 Å². The van der Waals surface area contributed by atoms with Crippen molar-refractivity contribution in [2.75, 3.05) is 6.61 Å². The molecule has 1 aliphatic rings. The molecule has 15 heteroatoms. The molecule has 0 saturated carbocycles. The summed E-state index contributed by atoms with van der Waals surface area (Å²) in [5, 5.41) is 22.5. The molecule has 1 saturated heterocycles. The second kappa shape index (κ2) is 10.1. The zero-order valence-corrected chi connectivity index (χ0v) is 20.2. The van der Waals surface area contributed by atoms with Gasteiger partial charge < -0.3 is 14.6 Å². The van der Waals surface area contributed by atoms with Crippen LogP contribution in [0.4, 0.5) is 10.5 Å². The molecule has 2 aromatic carbocycles. The second-order valence-electron chi connectivity index (χ2n) is 7.94. The first-order valence-electron chi connectivity index (χ1n) is 10.6. The molecule has 1 fully saturated rings. The van der Waals surface area contributed by atoms with E-state index in [0.29, 0.717) is 15.7 Å². The predicted octanol–water partition coefficient (Wildman–Crippen LogP) is 1.53. The lowest BCUT2D eigenvalue weighted by atomic mass is 9.92. The maximum Gasteiger partial charge on any atom is 0.344 e. The summed E-state index contributed by atoms with van der Waals surface area (Å²) >= 11 is 0.987. The van der Waals surface area contributed by atoms with Gasteiger partial charge in [0.15, 0.2) is 11.8 Å². The summed E-state index contributed by atoms with van der Waals surface area (Å²) < 4.78 is 6.50. The molecule has 0 bridgehead atoms. The number of nitro benzene ring substituents is 1. The SMILES string of the molecule is Cn1cnnc1Sc1ccc(C(=O)OCC(=O)NN2C(=O)N[C@@](C)(c3ccccc3)C2=O)cc1[N+](=O)[O-]. The van der Waals surface area contributed by atoms with Crippen molar-refractivity contribution in [3.8, 4) is 0 Å². The molecule has 0 radical (unpaired) electrons. The highest BCUT2D eigenvalue weighted by molar-refractivity contribution is 7.99. The Kier molecular flexibility index (Phi) is 6.88. The number of carbonyl (C=O) groups is 4. The fourth-order valence-electron chi connectivity index (χ4n) is 3.42. The smallest absolute Gasteiger partial charge is 0.344 e. The minimum atomic E-state index is -1.40. The van der Waals surface area contributed by atoms with E-state index < -0.39 is 40.9 Å². The Morgan fingerprint density at radius 1 is 1.22 bits per heavy atom. The number of hydrazine groups is 1. The molecule has 0 spiro atoms. The van der Waals surface area contributed by atoms with Crippen molar-refractivity contribution in [2.24, 2.45) is 7.05 Å². The molecule has 4 amide bonds. The number of nitrogens with zero attached hydrogens (tertiary/aromatic N) is 5. The molecule has 4 rings (SSSR count). The fourth-order valence-corrected chi connectivity index (χ4v) is 4.27. The first-order chi connectivity index (χ1) is 17.6. The number of aryl methyl sites for hydroxylation is 1. The average Bonchev–Trinajstić information content (AvgIpc) is 3.38. The summed E-state index contributed by atoms with van der Waals surface area (Å²) in [6, 6.07) is 11.3. The number of ether oxygens (including phenoxy) is 1. The summed E-state index contributed by atoms with van der Waals surface area (Å²) in [6.07, 6.45) is 1.44. The number of nitro groups is 1. The van der Waals surface area contributed by atoms with Crippen molar-refractivity contribution in [2.45, 2.75) is 22.5 Å². The lowest BCUT2D eigenvalue weighted by Crippen LogP contribution is -2.49. The van der Waals surface area contributed by atoms with Crippen molar-refractivity contribution in [1.29, 1.82) is 0 Å². The van der Waals surface area contributed by atoms with Gasteiger partial charge in [-0.25, -0.2) is 9.59 Å². The number of rotatable bonds is 8. The third-order valence-corrected chi connectivity index (χ3v) is 6.49. The Hall–Kier alpha value is -4.79. The van der Waals surface area contributed by atoms with Crippen LogP contribution in [0, 0.1) is 10.1 Å². The van der Waals surface area contributed by atoms with Gasteiger partial charge in [0, 0.05) is 13.1 Å². The fraction of sp³-hybridized carbons (Fsp3) is 0.182. The van der Waals surface area contributed by atoms with Crippen LogP contribution in [0.25, 0.3) is 0 Å². The van der Waals surface area contributed by atoms with Crippen LogP contribution >= 0.6 is 11.8 Å². The van der Waals surface area contributed by atoms with Gasteiger partial charge >= 0.3 is 12.0 Å². The highest BCUT2D eigenvalue weighted by Gasteiger charge is 2.50. The summed E-state index contributed by atoms with van der Waals surface area (Å²) in [7, 11) is 1.67. The summed E-state index contributed by atoms with van der Waals surface area (Å²) in [5.41, 5.74) is 0.682. The van der Waals surface area contributed by atoms with Crippen molar-refractivity contribution in [3.63, 3.8) is 0 Å². The van der Waals surface area contributed by atoms with Crippen molar-refractivity contribution < 1.29 is 28.8 Å². The molecule has 1 aromatic heterocycles. The predicted molar refractivity (Wildman–Crippen MR) is 126 cm³/mol. The Morgan fingerprint density at radius 3 is 2.59 bits per heavy atom. The molecule has 190 valence electrons. The first kappa shape index (κ1) is 25.3. The van der Waals surface area contributed by atoms with Crippen LogP contribution in [0.2, 0.25) is 0 Å². The van der Waals surface area contributed by atoms with Gasteiger partial charge in [-0.15, -0.1) is 10.2 Å². The molecule has 3 aromatic rings. The molecule has 37 heavy (non-hydrogen) atoms. The summed E-state index contributed by atoms with van der Waals surface area (Å²) in [4.78, 5) is 61.0. The number of nitrogens with one attached hydrogen (secondary N) is 2. The Morgan fingerprint density at radius 2 is 1.95 bits per heavy atom. The lowest BCUT2D eigenvalue weighted by Gasteiger charge is -2.22. The van der Waals surface area contributed by atoms with Gasteiger partial charge in [-0.2, -0.15) is 5.01 Å². The number of aromatic nitrogens is 3. The van der Waals surface area contributed by atoms with Crippen LogP contribution in [0.5, 0.6) is 0 Å². The number of carbonyl (C=O) groups excluding carboxylic acids is 4. The minimum absolute atomic E-state index is 0.173. The summed E-state index contributed by atoms with van der Waals surface area (Å²) in [5.74, 6) is -2.70. The molecular weight excluding hydrogens is 506 g/mol. The van der Waals surface area contributed by atoms with E-state index >= 15 is 0 Å². The monoisotopic (exact) mass is 525 g/mol. The number of esters is 1. The Bertz CT molecular complexity index is 1410. The van der Waals surface area contributed by atoms with Gasteiger partial charge in [-0.3, -0.25) is 25.1 Å². The van der Waals surface area contributed by atoms with E-state index in [1.807, 2.05) is 0 Å². The Labute approximate surface area is 213 Å². The van der Waals surface area contributed by atoms with Crippen LogP contribution in [-0.2, 0) is 26.9 Å². The Balaban J connectivity index is 1.39. The maximum absolute atomic E-state index is 12.8. The van der Waals surface area contributed by atoms with Crippen LogP contribution < -0.4 is 10.7 Å². The van der Waals surface area contributed by atoms with Crippen LogP contribution in [-0.4, -0.2) is 55.1 Å². The topological polar surface area (TPSA) is 179 Å². The number of hydrogen-bond donors (Lipinski definition) is 2.